The highest BCUT2D eigenvalue weighted by molar-refractivity contribution is 7.09. The molecule has 0 aliphatic heterocycles. The van der Waals surface area contributed by atoms with Gasteiger partial charge in [0.1, 0.15) is 11.0 Å². The average molecular weight is 261 g/mol. The summed E-state index contributed by atoms with van der Waals surface area (Å²) in [7, 11) is 0. The van der Waals surface area contributed by atoms with Gasteiger partial charge in [0.25, 0.3) is 0 Å². The van der Waals surface area contributed by atoms with Gasteiger partial charge in [0.15, 0.2) is 0 Å². The van der Waals surface area contributed by atoms with Crippen molar-refractivity contribution in [3.8, 4) is 0 Å². The van der Waals surface area contributed by atoms with Crippen molar-refractivity contribution in [3.05, 3.63) is 52.0 Å². The first-order valence-corrected chi connectivity index (χ1v) is 6.54. The SMILES string of the molecule is Cc1csc(CNC(=O)C(N)c2ccccc2)n1. The van der Waals surface area contributed by atoms with Gasteiger partial charge in [0.05, 0.1) is 6.54 Å². The summed E-state index contributed by atoms with van der Waals surface area (Å²) in [5.41, 5.74) is 7.66. The quantitative estimate of drug-likeness (QED) is 0.881. The summed E-state index contributed by atoms with van der Waals surface area (Å²) in [6, 6.07) is 8.69. The number of rotatable bonds is 4. The van der Waals surface area contributed by atoms with Crippen molar-refractivity contribution >= 4 is 17.2 Å². The summed E-state index contributed by atoms with van der Waals surface area (Å²) in [5.74, 6) is -0.186. The zero-order valence-corrected chi connectivity index (χ0v) is 10.9. The van der Waals surface area contributed by atoms with E-state index in [9.17, 15) is 4.79 Å². The fourth-order valence-electron chi connectivity index (χ4n) is 1.57. The van der Waals surface area contributed by atoms with E-state index in [0.717, 1.165) is 16.3 Å². The van der Waals surface area contributed by atoms with Crippen LogP contribution < -0.4 is 11.1 Å². The molecule has 4 nitrogen and oxygen atoms in total. The molecule has 1 atom stereocenters. The van der Waals surface area contributed by atoms with Gasteiger partial charge in [-0.1, -0.05) is 30.3 Å². The highest BCUT2D eigenvalue weighted by Gasteiger charge is 2.15. The number of amides is 1. The summed E-state index contributed by atoms with van der Waals surface area (Å²) in [4.78, 5) is 16.1. The van der Waals surface area contributed by atoms with Gasteiger partial charge >= 0.3 is 0 Å². The number of hydrogen-bond donors (Lipinski definition) is 2. The van der Waals surface area contributed by atoms with Crippen molar-refractivity contribution in [2.75, 3.05) is 0 Å². The second-order valence-electron chi connectivity index (χ2n) is 3.99. The topological polar surface area (TPSA) is 68.0 Å². The number of carbonyl (C=O) groups excluding carboxylic acids is 1. The van der Waals surface area contributed by atoms with E-state index < -0.39 is 6.04 Å². The van der Waals surface area contributed by atoms with Crippen LogP contribution in [-0.2, 0) is 11.3 Å². The molecule has 18 heavy (non-hydrogen) atoms. The van der Waals surface area contributed by atoms with Gasteiger partial charge in [-0.3, -0.25) is 4.79 Å². The maximum atomic E-state index is 11.9. The molecule has 2 rings (SSSR count). The largest absolute Gasteiger partial charge is 0.348 e. The van der Waals surface area contributed by atoms with Crippen molar-refractivity contribution in [1.29, 1.82) is 0 Å². The van der Waals surface area contributed by atoms with Crippen LogP contribution in [0.25, 0.3) is 0 Å². The van der Waals surface area contributed by atoms with Crippen molar-refractivity contribution in [2.45, 2.75) is 19.5 Å². The third kappa shape index (κ3) is 3.15. The van der Waals surface area contributed by atoms with Crippen LogP contribution in [0.15, 0.2) is 35.7 Å². The molecular formula is C13H15N3OS. The predicted molar refractivity (Wildman–Crippen MR) is 72.1 cm³/mol. The lowest BCUT2D eigenvalue weighted by Crippen LogP contribution is -2.33. The molecule has 0 fully saturated rings. The Labute approximate surface area is 110 Å². The highest BCUT2D eigenvalue weighted by Crippen LogP contribution is 2.11. The predicted octanol–water partition coefficient (Wildman–Crippen LogP) is 1.77. The number of nitrogens with two attached hydrogens (primary N) is 1. The second kappa shape index (κ2) is 5.75. The first-order valence-electron chi connectivity index (χ1n) is 5.66. The lowest BCUT2D eigenvalue weighted by Gasteiger charge is -2.11. The van der Waals surface area contributed by atoms with Crippen molar-refractivity contribution in [3.63, 3.8) is 0 Å². The van der Waals surface area contributed by atoms with Gasteiger partial charge in [0.2, 0.25) is 5.91 Å². The number of nitrogens with zero attached hydrogens (tertiary/aromatic N) is 1. The smallest absolute Gasteiger partial charge is 0.241 e. The van der Waals surface area contributed by atoms with E-state index in [2.05, 4.69) is 10.3 Å². The molecule has 2 aromatic rings. The van der Waals surface area contributed by atoms with Gasteiger partial charge in [-0.25, -0.2) is 4.98 Å². The molecule has 5 heteroatoms. The van der Waals surface area contributed by atoms with Crippen LogP contribution in [0.4, 0.5) is 0 Å². The fourth-order valence-corrected chi connectivity index (χ4v) is 2.28. The Morgan fingerprint density at radius 1 is 1.44 bits per heavy atom. The molecule has 0 aliphatic rings. The molecule has 1 amide bonds. The minimum Gasteiger partial charge on any atom is -0.348 e. The maximum Gasteiger partial charge on any atom is 0.241 e. The number of benzene rings is 1. The summed E-state index contributed by atoms with van der Waals surface area (Å²) < 4.78 is 0. The molecule has 94 valence electrons. The zero-order chi connectivity index (χ0) is 13.0. The Bertz CT molecular complexity index is 524. The van der Waals surface area contributed by atoms with E-state index in [1.165, 1.54) is 11.3 Å². The van der Waals surface area contributed by atoms with Gasteiger partial charge in [-0.05, 0) is 12.5 Å². The maximum absolute atomic E-state index is 11.9. The van der Waals surface area contributed by atoms with Crippen LogP contribution in [0, 0.1) is 6.92 Å². The average Bonchev–Trinajstić information content (AvgIpc) is 2.82. The minimum absolute atomic E-state index is 0.186. The molecule has 0 saturated heterocycles. The van der Waals surface area contributed by atoms with E-state index in [1.807, 2.05) is 42.6 Å². The fraction of sp³-hybridized carbons (Fsp3) is 0.231. The van der Waals surface area contributed by atoms with Crippen LogP contribution in [0.5, 0.6) is 0 Å². The number of aromatic nitrogens is 1. The molecule has 0 bridgehead atoms. The van der Waals surface area contributed by atoms with Gasteiger partial charge in [0, 0.05) is 11.1 Å². The van der Waals surface area contributed by atoms with Crippen molar-refractivity contribution in [2.24, 2.45) is 5.73 Å². The van der Waals surface area contributed by atoms with Crippen LogP contribution >= 0.6 is 11.3 Å². The number of nitrogens with one attached hydrogen (secondary N) is 1. The third-order valence-electron chi connectivity index (χ3n) is 2.52. The molecule has 1 unspecified atom stereocenters. The van der Waals surface area contributed by atoms with E-state index in [-0.39, 0.29) is 5.91 Å². The molecule has 1 aromatic heterocycles. The molecule has 1 heterocycles. The molecule has 1 aromatic carbocycles. The normalized spacial score (nSPS) is 12.1. The van der Waals surface area contributed by atoms with Gasteiger partial charge < -0.3 is 11.1 Å². The lowest BCUT2D eigenvalue weighted by atomic mass is 10.1. The summed E-state index contributed by atoms with van der Waals surface area (Å²) in [5, 5.41) is 5.64. The van der Waals surface area contributed by atoms with E-state index in [1.54, 1.807) is 0 Å². The van der Waals surface area contributed by atoms with Gasteiger partial charge in [-0.2, -0.15) is 0 Å². The van der Waals surface area contributed by atoms with E-state index >= 15 is 0 Å². The van der Waals surface area contributed by atoms with Gasteiger partial charge in [-0.15, -0.1) is 11.3 Å². The number of hydrogen-bond acceptors (Lipinski definition) is 4. The zero-order valence-electron chi connectivity index (χ0n) is 10.1. The van der Waals surface area contributed by atoms with E-state index in [0.29, 0.717) is 6.54 Å². The summed E-state index contributed by atoms with van der Waals surface area (Å²) in [6.07, 6.45) is 0. The van der Waals surface area contributed by atoms with Crippen LogP contribution in [0.1, 0.15) is 22.3 Å². The molecular weight excluding hydrogens is 246 g/mol. The summed E-state index contributed by atoms with van der Waals surface area (Å²) in [6.45, 7) is 2.36. The minimum atomic E-state index is -0.632. The van der Waals surface area contributed by atoms with Crippen molar-refractivity contribution < 1.29 is 4.79 Å². The molecule has 0 spiro atoms. The summed E-state index contributed by atoms with van der Waals surface area (Å²) >= 11 is 1.53. The van der Waals surface area contributed by atoms with Crippen LogP contribution in [0.3, 0.4) is 0 Å². The first kappa shape index (κ1) is 12.7. The Hall–Kier alpha value is -1.72. The monoisotopic (exact) mass is 261 g/mol. The third-order valence-corrected chi connectivity index (χ3v) is 3.49. The highest BCUT2D eigenvalue weighted by atomic mass is 32.1. The Kier molecular flexibility index (Phi) is 4.07. The van der Waals surface area contributed by atoms with E-state index in [4.69, 9.17) is 5.73 Å². The standard InChI is InChI=1S/C13H15N3OS/c1-9-8-18-11(16-9)7-15-13(17)12(14)10-5-3-2-4-6-10/h2-6,8,12H,7,14H2,1H3,(H,15,17). The van der Waals surface area contributed by atoms with Crippen LogP contribution in [-0.4, -0.2) is 10.9 Å². The molecule has 3 N–H and O–H groups in total. The number of aryl methyl sites for hydroxylation is 1. The Morgan fingerprint density at radius 3 is 2.78 bits per heavy atom. The number of carbonyl (C=O) groups is 1. The molecule has 0 radical (unpaired) electrons. The lowest BCUT2D eigenvalue weighted by molar-refractivity contribution is -0.122. The molecule has 0 aliphatic carbocycles. The van der Waals surface area contributed by atoms with Crippen molar-refractivity contribution in [1.82, 2.24) is 10.3 Å². The first-order chi connectivity index (χ1) is 8.66. The Morgan fingerprint density at radius 2 is 2.17 bits per heavy atom. The second-order valence-corrected chi connectivity index (χ2v) is 4.93. The van der Waals surface area contributed by atoms with Crippen LogP contribution in [0.2, 0.25) is 0 Å². The Balaban J connectivity index is 1.92. The number of thiazole rings is 1. The molecule has 0 saturated carbocycles.